The fourth-order valence-corrected chi connectivity index (χ4v) is 4.43. The number of anilines is 2. The second-order valence-corrected chi connectivity index (χ2v) is 9.36. The molecule has 2 atom stereocenters. The first kappa shape index (κ1) is 25.7. The van der Waals surface area contributed by atoms with Crippen LogP contribution in [-0.4, -0.2) is 61.9 Å². The van der Waals surface area contributed by atoms with E-state index in [4.69, 9.17) is 14.2 Å². The van der Waals surface area contributed by atoms with Gasteiger partial charge in [0, 0.05) is 29.6 Å². The normalized spacial score (nSPS) is 18.7. The number of aromatic nitrogens is 2. The van der Waals surface area contributed by atoms with Crippen LogP contribution in [0.4, 0.5) is 20.4 Å². The van der Waals surface area contributed by atoms with Crippen molar-refractivity contribution >= 4 is 28.3 Å². The van der Waals surface area contributed by atoms with Crippen LogP contribution in [0.1, 0.15) is 12.8 Å². The van der Waals surface area contributed by atoms with Gasteiger partial charge in [-0.2, -0.15) is 0 Å². The smallest absolute Gasteiger partial charge is 0.243 e. The van der Waals surface area contributed by atoms with Crippen LogP contribution in [-0.2, 0) is 9.53 Å². The summed E-state index contributed by atoms with van der Waals surface area (Å²) in [6.45, 7) is 4.94. The Morgan fingerprint density at radius 1 is 1.13 bits per heavy atom. The summed E-state index contributed by atoms with van der Waals surface area (Å²) in [4.78, 5) is 20.9. The van der Waals surface area contributed by atoms with E-state index in [1.54, 1.807) is 12.3 Å². The van der Waals surface area contributed by atoms with Crippen molar-refractivity contribution in [2.45, 2.75) is 24.9 Å². The molecule has 200 valence electrons. The lowest BCUT2D eigenvalue weighted by atomic mass is 10.1. The van der Waals surface area contributed by atoms with E-state index >= 15 is 8.78 Å². The number of nitrogens with one attached hydrogen (secondary N) is 3. The summed E-state index contributed by atoms with van der Waals surface area (Å²) < 4.78 is 46.3. The van der Waals surface area contributed by atoms with E-state index in [1.165, 1.54) is 26.4 Å². The maximum absolute atomic E-state index is 15.3. The van der Waals surface area contributed by atoms with Crippen LogP contribution in [0.3, 0.4) is 0 Å². The molecule has 1 aromatic carbocycles. The van der Waals surface area contributed by atoms with Crippen molar-refractivity contribution in [3.63, 3.8) is 0 Å². The number of hydrogen-bond donors (Lipinski definition) is 3. The molecule has 5 rings (SSSR count). The largest absolute Gasteiger partial charge is 0.494 e. The highest BCUT2D eigenvalue weighted by Crippen LogP contribution is 2.39. The molecule has 0 spiro atoms. The van der Waals surface area contributed by atoms with Crippen LogP contribution in [0, 0.1) is 17.6 Å². The van der Waals surface area contributed by atoms with E-state index in [2.05, 4.69) is 32.5 Å². The van der Waals surface area contributed by atoms with Crippen LogP contribution in [0.2, 0.25) is 0 Å². The van der Waals surface area contributed by atoms with Crippen molar-refractivity contribution in [3.05, 3.63) is 48.7 Å². The van der Waals surface area contributed by atoms with Gasteiger partial charge in [-0.25, -0.2) is 18.7 Å². The summed E-state index contributed by atoms with van der Waals surface area (Å²) in [5.74, 6) is -0.757. The first-order chi connectivity index (χ1) is 18.4. The highest BCUT2D eigenvalue weighted by Gasteiger charge is 2.30. The number of ether oxygens (including phenoxy) is 3. The van der Waals surface area contributed by atoms with Gasteiger partial charge in [0.25, 0.3) is 0 Å². The van der Waals surface area contributed by atoms with Gasteiger partial charge in [-0.15, -0.1) is 0 Å². The topological polar surface area (TPSA) is 107 Å². The summed E-state index contributed by atoms with van der Waals surface area (Å²) in [5, 5.41) is 10.9. The second-order valence-electron chi connectivity index (χ2n) is 9.36. The number of carbonyl (C=O) groups is 1. The first-order valence-electron chi connectivity index (χ1n) is 12.3. The van der Waals surface area contributed by atoms with Crippen LogP contribution in [0.25, 0.3) is 22.0 Å². The molecule has 1 aliphatic heterocycles. The number of fused-ring (bicyclic) bond motifs is 1. The van der Waals surface area contributed by atoms with Gasteiger partial charge < -0.3 is 30.2 Å². The predicted molar refractivity (Wildman–Crippen MR) is 140 cm³/mol. The molecule has 3 heterocycles. The standard InChI is InChI=1S/C27H29F2N5O4/c1-4-23(35)33-19-13-38-12-18(19)32-22-8-16-15(11-30-22)7-17(34-27(16)31-10-14-5-6-14)24-25(28)20(36-2)9-21(37-3)26(24)29/h4,7-9,11,14,18-19H,1,5-6,10,12-13H2,2-3H3,(H,30,32)(H,31,34)(H,33,35)/t18?,19-/m0/s1. The fourth-order valence-electron chi connectivity index (χ4n) is 4.43. The number of pyridine rings is 2. The molecule has 1 aliphatic carbocycles. The van der Waals surface area contributed by atoms with Crippen LogP contribution >= 0.6 is 0 Å². The Bertz CT molecular complexity index is 1350. The van der Waals surface area contributed by atoms with Gasteiger partial charge in [-0.1, -0.05) is 6.58 Å². The molecule has 2 aromatic heterocycles. The molecule has 38 heavy (non-hydrogen) atoms. The lowest BCUT2D eigenvalue weighted by molar-refractivity contribution is -0.117. The van der Waals surface area contributed by atoms with E-state index < -0.39 is 11.6 Å². The number of benzene rings is 1. The molecule has 2 fully saturated rings. The van der Waals surface area contributed by atoms with E-state index in [0.29, 0.717) is 42.7 Å². The lowest BCUT2D eigenvalue weighted by Gasteiger charge is -2.21. The SMILES string of the molecule is C=CC(=O)N[C@H]1COCC1Nc1cc2c(NCC3CC3)nc(-c3c(F)c(OC)cc(OC)c3F)cc2cn1. The number of carbonyl (C=O) groups excluding carboxylic acids is 1. The average molecular weight is 526 g/mol. The van der Waals surface area contributed by atoms with Gasteiger partial charge in [-0.05, 0) is 37.0 Å². The number of halogens is 2. The molecule has 2 aliphatic rings. The summed E-state index contributed by atoms with van der Waals surface area (Å²) in [5.41, 5.74) is -0.259. The molecular weight excluding hydrogens is 496 g/mol. The number of rotatable bonds is 10. The highest BCUT2D eigenvalue weighted by atomic mass is 19.1. The minimum atomic E-state index is -0.870. The zero-order valence-electron chi connectivity index (χ0n) is 21.1. The van der Waals surface area contributed by atoms with Gasteiger partial charge in [0.1, 0.15) is 11.6 Å². The molecule has 1 amide bonds. The summed E-state index contributed by atoms with van der Waals surface area (Å²) in [7, 11) is 2.61. The molecule has 0 radical (unpaired) electrons. The molecule has 11 heteroatoms. The Morgan fingerprint density at radius 3 is 2.50 bits per heavy atom. The number of amides is 1. The van der Waals surface area contributed by atoms with Crippen molar-refractivity contribution in [2.75, 3.05) is 44.6 Å². The predicted octanol–water partition coefficient (Wildman–Crippen LogP) is 3.90. The van der Waals surface area contributed by atoms with E-state index in [0.717, 1.165) is 18.2 Å². The van der Waals surface area contributed by atoms with Crippen molar-refractivity contribution in [2.24, 2.45) is 5.92 Å². The maximum atomic E-state index is 15.3. The van der Waals surface area contributed by atoms with E-state index in [9.17, 15) is 4.79 Å². The molecule has 3 N–H and O–H groups in total. The summed E-state index contributed by atoms with van der Waals surface area (Å²) in [6.07, 6.45) is 5.07. The maximum Gasteiger partial charge on any atom is 0.243 e. The van der Waals surface area contributed by atoms with E-state index in [1.807, 2.05) is 6.07 Å². The summed E-state index contributed by atoms with van der Waals surface area (Å²) in [6, 6.07) is 4.12. The lowest BCUT2D eigenvalue weighted by Crippen LogP contribution is -2.45. The van der Waals surface area contributed by atoms with Crippen molar-refractivity contribution in [1.29, 1.82) is 0 Å². The Hall–Kier alpha value is -3.99. The molecule has 1 saturated carbocycles. The van der Waals surface area contributed by atoms with Crippen LogP contribution in [0.5, 0.6) is 11.5 Å². The van der Waals surface area contributed by atoms with Gasteiger partial charge in [0.2, 0.25) is 5.91 Å². The summed E-state index contributed by atoms with van der Waals surface area (Å²) >= 11 is 0. The quantitative estimate of drug-likeness (QED) is 0.343. The fraction of sp³-hybridized carbons (Fsp3) is 0.370. The van der Waals surface area contributed by atoms with Crippen molar-refractivity contribution < 1.29 is 27.8 Å². The van der Waals surface area contributed by atoms with E-state index in [-0.39, 0.29) is 40.7 Å². The zero-order valence-corrected chi connectivity index (χ0v) is 21.1. The minimum absolute atomic E-state index is 0.0851. The number of hydrogen-bond acceptors (Lipinski definition) is 8. The molecular formula is C27H29F2N5O4. The first-order valence-corrected chi connectivity index (χ1v) is 12.3. The second kappa shape index (κ2) is 10.8. The number of nitrogens with zero attached hydrogens (tertiary/aromatic N) is 2. The Balaban J connectivity index is 1.54. The molecule has 1 saturated heterocycles. The van der Waals surface area contributed by atoms with Gasteiger partial charge >= 0.3 is 0 Å². The molecule has 1 unspecified atom stereocenters. The molecule has 0 bridgehead atoms. The van der Waals surface area contributed by atoms with Gasteiger partial charge in [0.15, 0.2) is 23.1 Å². The zero-order chi connectivity index (χ0) is 26.8. The Kier molecular flexibility index (Phi) is 7.28. The number of methoxy groups -OCH3 is 2. The molecule has 3 aromatic rings. The third-order valence-electron chi connectivity index (χ3n) is 6.73. The van der Waals surface area contributed by atoms with Crippen LogP contribution in [0.15, 0.2) is 37.1 Å². The third-order valence-corrected chi connectivity index (χ3v) is 6.73. The van der Waals surface area contributed by atoms with Gasteiger partial charge in [-0.3, -0.25) is 4.79 Å². The molecule has 9 nitrogen and oxygen atoms in total. The van der Waals surface area contributed by atoms with Gasteiger partial charge in [0.05, 0.1) is 50.8 Å². The highest BCUT2D eigenvalue weighted by molar-refractivity contribution is 5.96. The third kappa shape index (κ3) is 5.19. The minimum Gasteiger partial charge on any atom is -0.494 e. The van der Waals surface area contributed by atoms with Crippen LogP contribution < -0.4 is 25.4 Å². The monoisotopic (exact) mass is 525 g/mol. The average Bonchev–Trinajstić information content (AvgIpc) is 3.66. The Morgan fingerprint density at radius 2 is 1.84 bits per heavy atom. The van der Waals surface area contributed by atoms with Crippen molar-refractivity contribution in [3.8, 4) is 22.8 Å². The Labute approximate surface area is 218 Å². The van der Waals surface area contributed by atoms with Crippen molar-refractivity contribution in [1.82, 2.24) is 15.3 Å².